The van der Waals surface area contributed by atoms with E-state index in [1.54, 1.807) is 6.07 Å². The molecule has 0 spiro atoms. The number of hydrogen-bond acceptors (Lipinski definition) is 4. The average molecular weight is 501 g/mol. The van der Waals surface area contributed by atoms with E-state index in [1.165, 1.54) is 0 Å². The summed E-state index contributed by atoms with van der Waals surface area (Å²) >= 11 is 0. The van der Waals surface area contributed by atoms with Crippen LogP contribution in [0.1, 0.15) is 32.6 Å². The van der Waals surface area contributed by atoms with Gasteiger partial charge in [-0.2, -0.15) is 26.3 Å². The summed E-state index contributed by atoms with van der Waals surface area (Å²) in [5.41, 5.74) is -2.08. The topological polar surface area (TPSA) is 44.8 Å². The minimum atomic E-state index is -5.13. The number of likely N-dealkylation sites (N-methyl/N-ethyl adjacent to an activating group) is 1. The molecule has 4 rings (SSSR count). The van der Waals surface area contributed by atoms with Gasteiger partial charge in [0.25, 0.3) is 5.91 Å². The van der Waals surface area contributed by atoms with Gasteiger partial charge in [0, 0.05) is 38.3 Å². The number of alkyl halides is 6. The molecule has 0 aromatic heterocycles. The van der Waals surface area contributed by atoms with Gasteiger partial charge in [0.1, 0.15) is 12.4 Å². The lowest BCUT2D eigenvalue weighted by molar-refractivity contribution is -0.143. The Morgan fingerprint density at radius 3 is 2.40 bits per heavy atom. The highest BCUT2D eigenvalue weighted by Gasteiger charge is 2.40. The van der Waals surface area contributed by atoms with E-state index < -0.39 is 41.0 Å². The van der Waals surface area contributed by atoms with Crippen LogP contribution < -0.4 is 10.1 Å². The third-order valence-electron chi connectivity index (χ3n) is 6.34. The maximum absolute atomic E-state index is 13.5. The number of fused-ring (bicyclic) bond motifs is 1. The van der Waals surface area contributed by atoms with Crippen molar-refractivity contribution in [1.82, 2.24) is 15.1 Å². The second-order valence-electron chi connectivity index (χ2n) is 8.91. The molecule has 190 valence electrons. The van der Waals surface area contributed by atoms with Gasteiger partial charge in [-0.3, -0.25) is 9.69 Å². The van der Waals surface area contributed by atoms with Crippen LogP contribution in [0.2, 0.25) is 0 Å². The summed E-state index contributed by atoms with van der Waals surface area (Å²) in [6, 6.07) is 6.02. The third kappa shape index (κ3) is 5.90. The summed E-state index contributed by atoms with van der Waals surface area (Å²) in [5, 5.41) is 2.52. The number of ether oxygens (including phenoxy) is 1. The van der Waals surface area contributed by atoms with E-state index in [-0.39, 0.29) is 12.7 Å². The van der Waals surface area contributed by atoms with E-state index in [0.29, 0.717) is 30.8 Å². The Balaban J connectivity index is 1.51. The summed E-state index contributed by atoms with van der Waals surface area (Å²) in [7, 11) is 2.06. The number of hydrogen-bond donors (Lipinski definition) is 1. The van der Waals surface area contributed by atoms with Crippen molar-refractivity contribution in [1.29, 1.82) is 0 Å². The highest BCUT2D eigenvalue weighted by atomic mass is 19.4. The fourth-order valence-electron chi connectivity index (χ4n) is 4.38. The zero-order valence-electron chi connectivity index (χ0n) is 19.0. The van der Waals surface area contributed by atoms with Gasteiger partial charge in [-0.15, -0.1) is 0 Å². The number of carbonyl (C=O) groups is 1. The molecule has 11 heteroatoms. The van der Waals surface area contributed by atoms with E-state index in [4.69, 9.17) is 4.74 Å². The second kappa shape index (κ2) is 9.69. The van der Waals surface area contributed by atoms with Crippen molar-refractivity contribution in [2.45, 2.75) is 31.4 Å². The molecule has 2 heterocycles. The first-order valence-electron chi connectivity index (χ1n) is 11.2. The first-order chi connectivity index (χ1) is 16.4. The summed E-state index contributed by atoms with van der Waals surface area (Å²) in [5.74, 6) is -0.438. The van der Waals surface area contributed by atoms with Gasteiger partial charge in [0.15, 0.2) is 0 Å². The Labute approximate surface area is 198 Å². The van der Waals surface area contributed by atoms with Crippen molar-refractivity contribution in [2.24, 2.45) is 0 Å². The summed E-state index contributed by atoms with van der Waals surface area (Å²) in [4.78, 5) is 17.3. The molecule has 2 aromatic carbocycles. The van der Waals surface area contributed by atoms with Crippen LogP contribution in [0.25, 0.3) is 0 Å². The molecular weight excluding hydrogens is 476 g/mol. The number of nitrogens with one attached hydrogen (secondary N) is 1. The van der Waals surface area contributed by atoms with Gasteiger partial charge in [-0.1, -0.05) is 12.1 Å². The average Bonchev–Trinajstić information content (AvgIpc) is 2.79. The fraction of sp³-hybridized carbons (Fsp3) is 0.458. The molecule has 1 atom stereocenters. The quantitative estimate of drug-likeness (QED) is 0.638. The van der Waals surface area contributed by atoms with Crippen molar-refractivity contribution in [3.63, 3.8) is 0 Å². The van der Waals surface area contributed by atoms with E-state index in [1.807, 2.05) is 12.1 Å². The Morgan fingerprint density at radius 1 is 1.03 bits per heavy atom. The van der Waals surface area contributed by atoms with Gasteiger partial charge in [0.2, 0.25) is 0 Å². The first-order valence-corrected chi connectivity index (χ1v) is 11.2. The highest BCUT2D eigenvalue weighted by Crippen LogP contribution is 2.37. The number of amides is 1. The zero-order chi connectivity index (χ0) is 25.4. The number of halogens is 6. The molecule has 5 nitrogen and oxygen atoms in total. The molecule has 2 aromatic rings. The van der Waals surface area contributed by atoms with Crippen molar-refractivity contribution < 1.29 is 35.9 Å². The fourth-order valence-corrected chi connectivity index (χ4v) is 4.38. The summed E-state index contributed by atoms with van der Waals surface area (Å²) in [6.45, 7) is 4.40. The molecule has 0 radical (unpaired) electrons. The van der Waals surface area contributed by atoms with Gasteiger partial charge in [-0.25, -0.2) is 0 Å². The Kier molecular flexibility index (Phi) is 7.01. The van der Waals surface area contributed by atoms with Crippen molar-refractivity contribution in [2.75, 3.05) is 39.8 Å². The van der Waals surface area contributed by atoms with Gasteiger partial charge >= 0.3 is 12.4 Å². The molecule has 2 aliphatic rings. The van der Waals surface area contributed by atoms with Crippen LogP contribution in [-0.4, -0.2) is 61.6 Å². The maximum atomic E-state index is 13.5. The Morgan fingerprint density at radius 2 is 1.74 bits per heavy atom. The lowest BCUT2D eigenvalue weighted by atomic mass is 9.96. The van der Waals surface area contributed by atoms with Crippen molar-refractivity contribution in [3.05, 3.63) is 64.2 Å². The largest absolute Gasteiger partial charge is 0.491 e. The van der Waals surface area contributed by atoms with Crippen LogP contribution in [-0.2, 0) is 25.3 Å². The minimum absolute atomic E-state index is 0.0320. The number of carbonyl (C=O) groups excluding carboxylic acids is 1. The molecule has 35 heavy (non-hydrogen) atoms. The number of piperazine rings is 1. The SMILES string of the molecule is CN1CCN(Cc2cccc3c2C[C@H](NC(=O)c2ccc(C(F)(F)F)cc2C(F)(F)F)CO3)CC1. The Bertz CT molecular complexity index is 1080. The van der Waals surface area contributed by atoms with E-state index in [0.717, 1.165) is 37.3 Å². The lowest BCUT2D eigenvalue weighted by Crippen LogP contribution is -2.45. The molecule has 1 fully saturated rings. The zero-order valence-corrected chi connectivity index (χ0v) is 19.0. The number of benzene rings is 2. The normalized spacial score (nSPS) is 19.7. The van der Waals surface area contributed by atoms with Crippen molar-refractivity contribution >= 4 is 5.91 Å². The van der Waals surface area contributed by atoms with Crippen LogP contribution in [0.4, 0.5) is 26.3 Å². The van der Waals surface area contributed by atoms with Gasteiger partial charge < -0.3 is 15.0 Å². The molecule has 0 saturated carbocycles. The smallest absolute Gasteiger partial charge is 0.417 e. The molecule has 1 N–H and O–H groups in total. The van der Waals surface area contributed by atoms with Crippen LogP contribution in [0.15, 0.2) is 36.4 Å². The summed E-state index contributed by atoms with van der Waals surface area (Å²) < 4.78 is 85.0. The van der Waals surface area contributed by atoms with E-state index >= 15 is 0 Å². The maximum Gasteiger partial charge on any atom is 0.417 e. The molecule has 0 unspecified atom stereocenters. The summed E-state index contributed by atoms with van der Waals surface area (Å²) in [6.07, 6.45) is -9.75. The van der Waals surface area contributed by atoms with Gasteiger partial charge in [0.05, 0.1) is 22.7 Å². The molecule has 2 aliphatic heterocycles. The molecule has 1 saturated heterocycles. The highest BCUT2D eigenvalue weighted by molar-refractivity contribution is 5.96. The molecule has 1 amide bonds. The van der Waals surface area contributed by atoms with Crippen LogP contribution in [0, 0.1) is 0 Å². The number of nitrogens with zero attached hydrogens (tertiary/aromatic N) is 2. The standard InChI is InChI=1S/C24H25F6N3O2/c1-32-7-9-33(10-8-32)13-15-3-2-4-21-19(15)12-17(14-35-21)31-22(34)18-6-5-16(23(25,26)27)11-20(18)24(28,29)30/h2-6,11,17H,7-10,12-14H2,1H3,(H,31,34)/t17-/m0/s1. The molecule has 0 bridgehead atoms. The van der Waals surface area contributed by atoms with Crippen LogP contribution >= 0.6 is 0 Å². The van der Waals surface area contributed by atoms with E-state index in [2.05, 4.69) is 22.2 Å². The predicted octanol–water partition coefficient (Wildman–Crippen LogP) is 4.21. The Hall–Kier alpha value is -2.79. The van der Waals surface area contributed by atoms with E-state index in [9.17, 15) is 31.1 Å². The van der Waals surface area contributed by atoms with Crippen LogP contribution in [0.5, 0.6) is 5.75 Å². The molecular formula is C24H25F6N3O2. The third-order valence-corrected chi connectivity index (χ3v) is 6.34. The second-order valence-corrected chi connectivity index (χ2v) is 8.91. The van der Waals surface area contributed by atoms with Gasteiger partial charge in [-0.05, 0) is 43.3 Å². The number of rotatable bonds is 4. The minimum Gasteiger partial charge on any atom is -0.491 e. The van der Waals surface area contributed by atoms with Crippen molar-refractivity contribution in [3.8, 4) is 5.75 Å². The van der Waals surface area contributed by atoms with Crippen LogP contribution in [0.3, 0.4) is 0 Å². The predicted molar refractivity (Wildman–Crippen MR) is 116 cm³/mol. The molecule has 0 aliphatic carbocycles. The monoisotopic (exact) mass is 501 g/mol. The first kappa shape index (κ1) is 25.3. The lowest BCUT2D eigenvalue weighted by Gasteiger charge is -2.34.